The Morgan fingerprint density at radius 3 is 2.86 bits per heavy atom. The zero-order chi connectivity index (χ0) is 24.4. The Kier molecular flexibility index (Phi) is 6.54. The van der Waals surface area contributed by atoms with E-state index in [2.05, 4.69) is 9.97 Å². The van der Waals surface area contributed by atoms with Gasteiger partial charge in [-0.05, 0) is 37.5 Å². The van der Waals surface area contributed by atoms with Crippen LogP contribution in [-0.4, -0.2) is 54.1 Å². The molecule has 0 aliphatic carbocycles. The van der Waals surface area contributed by atoms with E-state index in [0.717, 1.165) is 6.20 Å². The van der Waals surface area contributed by atoms with E-state index in [0.29, 0.717) is 74.0 Å². The zero-order valence-corrected chi connectivity index (χ0v) is 19.3. The Morgan fingerprint density at radius 1 is 1.20 bits per heavy atom. The summed E-state index contributed by atoms with van der Waals surface area (Å²) in [4.78, 5) is 22.3. The molecule has 3 aromatic rings. The van der Waals surface area contributed by atoms with Crippen molar-refractivity contribution in [3.8, 4) is 17.4 Å². The Balaban J connectivity index is 1.16. The van der Waals surface area contributed by atoms with Crippen LogP contribution in [0.2, 0.25) is 0 Å². The summed E-state index contributed by atoms with van der Waals surface area (Å²) in [5.41, 5.74) is 1.58. The fourth-order valence-electron chi connectivity index (χ4n) is 4.41. The minimum absolute atomic E-state index is 0.117. The molecule has 1 saturated heterocycles. The fourth-order valence-corrected chi connectivity index (χ4v) is 4.41. The Morgan fingerprint density at radius 2 is 2.03 bits per heavy atom. The maximum absolute atomic E-state index is 14.5. The van der Waals surface area contributed by atoms with E-state index in [1.807, 2.05) is 6.07 Å². The molecule has 1 fully saturated rings. The summed E-state index contributed by atoms with van der Waals surface area (Å²) < 4.78 is 36.3. The highest BCUT2D eigenvalue weighted by molar-refractivity contribution is 5.90. The highest BCUT2D eigenvalue weighted by Gasteiger charge is 2.32. The van der Waals surface area contributed by atoms with Gasteiger partial charge in [0.05, 0.1) is 37.2 Å². The molecule has 0 saturated carbocycles. The normalized spacial score (nSPS) is 18.0. The highest BCUT2D eigenvalue weighted by Crippen LogP contribution is 2.36. The van der Waals surface area contributed by atoms with Crippen molar-refractivity contribution in [2.45, 2.75) is 37.9 Å². The van der Waals surface area contributed by atoms with E-state index in [1.54, 1.807) is 29.2 Å². The quantitative estimate of drug-likeness (QED) is 0.476. The lowest BCUT2D eigenvalue weighted by Gasteiger charge is -2.21. The van der Waals surface area contributed by atoms with Gasteiger partial charge in [-0.3, -0.25) is 9.88 Å². The maximum Gasteiger partial charge on any atom is 0.414 e. The molecule has 184 valence electrons. The van der Waals surface area contributed by atoms with Gasteiger partial charge in [-0.2, -0.15) is 0 Å². The van der Waals surface area contributed by atoms with Gasteiger partial charge in [0.15, 0.2) is 11.5 Å². The van der Waals surface area contributed by atoms with E-state index in [1.165, 1.54) is 7.11 Å². The number of carbonyl (C=O) groups is 1. The van der Waals surface area contributed by atoms with Gasteiger partial charge in [0.1, 0.15) is 30.7 Å². The molecule has 0 bridgehead atoms. The number of pyridine rings is 2. The molecule has 5 rings (SSSR count). The summed E-state index contributed by atoms with van der Waals surface area (Å²) in [5, 5.41) is 10.7. The second-order valence-electron chi connectivity index (χ2n) is 8.49. The summed E-state index contributed by atoms with van der Waals surface area (Å²) >= 11 is 0. The minimum Gasteiger partial charge on any atom is -0.486 e. The van der Waals surface area contributed by atoms with Crippen molar-refractivity contribution < 1.29 is 33.2 Å². The number of unbranched alkanes of at least 4 members (excludes halogenated alkanes) is 1. The summed E-state index contributed by atoms with van der Waals surface area (Å²) in [7, 11) is 1.47. The minimum atomic E-state index is -1.04. The molecule has 2 aromatic heterocycles. The van der Waals surface area contributed by atoms with Crippen LogP contribution in [0.15, 0.2) is 36.5 Å². The molecule has 2 aliphatic heterocycles. The number of hydrogen-bond acceptors (Lipinski definition) is 8. The number of aliphatic hydroxyl groups is 1. The van der Waals surface area contributed by atoms with E-state index < -0.39 is 18.0 Å². The standard InChI is InChI=1S/C25H26FN3O6/c1-32-22-9-7-18-24(28-22)23(17(26)13-27-18)19(30)5-3-2-4-16-14-29(25(31)35-16)15-6-8-20-21(12-15)34-11-10-33-20/h6-9,12-13,16,19,30H,2-5,10-11,14H2,1H3/t16-,19-/m0/s1. The highest BCUT2D eigenvalue weighted by atomic mass is 19.1. The van der Waals surface area contributed by atoms with Crippen molar-refractivity contribution in [3.05, 3.63) is 47.9 Å². The molecule has 35 heavy (non-hydrogen) atoms. The lowest BCUT2D eigenvalue weighted by atomic mass is 10.0. The summed E-state index contributed by atoms with van der Waals surface area (Å²) in [5.74, 6) is 0.992. The number of amides is 1. The van der Waals surface area contributed by atoms with Gasteiger partial charge in [0.2, 0.25) is 5.88 Å². The Labute approximate surface area is 201 Å². The second-order valence-corrected chi connectivity index (χ2v) is 8.49. The van der Waals surface area contributed by atoms with Gasteiger partial charge >= 0.3 is 6.09 Å². The number of carbonyl (C=O) groups excluding carboxylic acids is 1. The van der Waals surface area contributed by atoms with Crippen LogP contribution in [0.1, 0.15) is 37.4 Å². The predicted molar refractivity (Wildman–Crippen MR) is 125 cm³/mol. The molecule has 9 nitrogen and oxygen atoms in total. The van der Waals surface area contributed by atoms with Crippen LogP contribution in [0.25, 0.3) is 11.0 Å². The summed E-state index contributed by atoms with van der Waals surface area (Å²) in [6.07, 6.45) is 1.67. The van der Waals surface area contributed by atoms with Crippen LogP contribution in [0.5, 0.6) is 17.4 Å². The first kappa shape index (κ1) is 23.1. The molecule has 2 aliphatic rings. The van der Waals surface area contributed by atoms with E-state index >= 15 is 0 Å². The number of methoxy groups -OCH3 is 1. The van der Waals surface area contributed by atoms with E-state index in [-0.39, 0.29) is 17.2 Å². The molecular weight excluding hydrogens is 457 g/mol. The third-order valence-corrected chi connectivity index (χ3v) is 6.19. The predicted octanol–water partition coefficient (Wildman–Crippen LogP) is 4.17. The zero-order valence-electron chi connectivity index (χ0n) is 19.3. The topological polar surface area (TPSA) is 103 Å². The maximum atomic E-state index is 14.5. The molecular formula is C25H26FN3O6. The van der Waals surface area contributed by atoms with Gasteiger partial charge < -0.3 is 24.1 Å². The first-order valence-corrected chi connectivity index (χ1v) is 11.6. The van der Waals surface area contributed by atoms with Crippen molar-refractivity contribution in [3.63, 3.8) is 0 Å². The van der Waals surface area contributed by atoms with Gasteiger partial charge in [0, 0.05) is 17.7 Å². The SMILES string of the molecule is COc1ccc2ncc(F)c([C@@H](O)CCCC[C@H]3CN(c4ccc5c(c4)OCCO5)C(=O)O3)c2n1. The number of nitrogens with zero attached hydrogens (tertiary/aromatic N) is 3. The number of cyclic esters (lactones) is 1. The molecule has 0 radical (unpaired) electrons. The van der Waals surface area contributed by atoms with Gasteiger partial charge in [-0.15, -0.1) is 0 Å². The number of benzene rings is 1. The van der Waals surface area contributed by atoms with Crippen molar-refractivity contribution in [1.82, 2.24) is 9.97 Å². The second kappa shape index (κ2) is 9.91. The third-order valence-electron chi connectivity index (χ3n) is 6.19. The number of halogens is 1. The Bertz CT molecular complexity index is 1240. The number of rotatable bonds is 8. The van der Waals surface area contributed by atoms with Crippen LogP contribution in [0, 0.1) is 5.82 Å². The largest absolute Gasteiger partial charge is 0.486 e. The summed E-state index contributed by atoms with van der Waals surface area (Å²) in [6, 6.07) is 8.70. The number of ether oxygens (including phenoxy) is 4. The van der Waals surface area contributed by atoms with E-state index in [4.69, 9.17) is 18.9 Å². The number of anilines is 1. The first-order chi connectivity index (χ1) is 17.0. The lowest BCUT2D eigenvalue weighted by molar-refractivity contribution is 0.130. The van der Waals surface area contributed by atoms with Crippen molar-refractivity contribution in [2.75, 3.05) is 31.8 Å². The molecule has 0 unspecified atom stereocenters. The molecule has 0 spiro atoms. The molecule has 1 aromatic carbocycles. The summed E-state index contributed by atoms with van der Waals surface area (Å²) in [6.45, 7) is 1.40. The molecule has 4 heterocycles. The fraction of sp³-hybridized carbons (Fsp3) is 0.400. The van der Waals surface area contributed by atoms with Crippen LogP contribution >= 0.6 is 0 Å². The Hall–Kier alpha value is -3.66. The number of aromatic nitrogens is 2. The van der Waals surface area contributed by atoms with Crippen molar-refractivity contribution in [2.24, 2.45) is 0 Å². The monoisotopic (exact) mass is 483 g/mol. The number of fused-ring (bicyclic) bond motifs is 2. The van der Waals surface area contributed by atoms with Crippen LogP contribution in [0.3, 0.4) is 0 Å². The van der Waals surface area contributed by atoms with Crippen molar-refractivity contribution in [1.29, 1.82) is 0 Å². The molecule has 2 atom stereocenters. The van der Waals surface area contributed by atoms with Crippen LogP contribution in [0.4, 0.5) is 14.9 Å². The van der Waals surface area contributed by atoms with Gasteiger partial charge in [-0.25, -0.2) is 14.2 Å². The first-order valence-electron chi connectivity index (χ1n) is 11.6. The van der Waals surface area contributed by atoms with Gasteiger partial charge in [-0.1, -0.05) is 6.42 Å². The molecule has 1 amide bonds. The molecule has 10 heteroatoms. The van der Waals surface area contributed by atoms with Crippen LogP contribution in [-0.2, 0) is 4.74 Å². The van der Waals surface area contributed by atoms with Gasteiger partial charge in [0.25, 0.3) is 0 Å². The number of aliphatic hydroxyl groups excluding tert-OH is 1. The number of hydrogen-bond donors (Lipinski definition) is 1. The van der Waals surface area contributed by atoms with Crippen LogP contribution < -0.4 is 19.1 Å². The smallest absolute Gasteiger partial charge is 0.414 e. The lowest BCUT2D eigenvalue weighted by Crippen LogP contribution is -2.25. The third kappa shape index (κ3) is 4.79. The average molecular weight is 483 g/mol. The van der Waals surface area contributed by atoms with Crippen molar-refractivity contribution >= 4 is 22.8 Å². The van der Waals surface area contributed by atoms with E-state index in [9.17, 15) is 14.3 Å². The molecule has 1 N–H and O–H groups in total. The average Bonchev–Trinajstić information content (AvgIpc) is 3.25.